The van der Waals surface area contributed by atoms with E-state index >= 15 is 0 Å². The molecule has 0 amide bonds. The van der Waals surface area contributed by atoms with Crippen LogP contribution in [-0.4, -0.2) is 17.7 Å². The van der Waals surface area contributed by atoms with Crippen molar-refractivity contribution < 1.29 is 14.6 Å². The number of rotatable bonds is 7. The van der Waals surface area contributed by atoms with Crippen molar-refractivity contribution >= 4 is 17.3 Å². The molecule has 1 unspecified atom stereocenters. The zero-order valence-electron chi connectivity index (χ0n) is 12.2. The predicted octanol–water partition coefficient (Wildman–Crippen LogP) is 2.93. The summed E-state index contributed by atoms with van der Waals surface area (Å²) < 4.78 is 5.26. The maximum absolute atomic E-state index is 12.0. The Morgan fingerprint density at radius 3 is 2.65 bits per heavy atom. The summed E-state index contributed by atoms with van der Waals surface area (Å²) in [6.07, 6.45) is 4.21. The summed E-state index contributed by atoms with van der Waals surface area (Å²) in [5.41, 5.74) is 11.6. The van der Waals surface area contributed by atoms with E-state index in [1.54, 1.807) is 0 Å². The molecule has 0 saturated carbocycles. The van der Waals surface area contributed by atoms with Crippen molar-refractivity contribution in [3.8, 4) is 5.75 Å². The van der Waals surface area contributed by atoms with E-state index in [2.05, 4.69) is 13.8 Å². The number of nitrogen functional groups attached to an aromatic ring is 2. The molecule has 0 bridgehead atoms. The molecule has 5 N–H and O–H groups in total. The summed E-state index contributed by atoms with van der Waals surface area (Å²) in [5, 5.41) is 9.71. The lowest BCUT2D eigenvalue weighted by Crippen LogP contribution is -2.16. The van der Waals surface area contributed by atoms with Crippen molar-refractivity contribution in [2.75, 3.05) is 18.1 Å². The van der Waals surface area contributed by atoms with Gasteiger partial charge >= 0.3 is 5.97 Å². The molecule has 1 aromatic carbocycles. The first kappa shape index (κ1) is 16.1. The van der Waals surface area contributed by atoms with Gasteiger partial charge in [0.05, 0.1) is 18.0 Å². The monoisotopic (exact) mass is 280 g/mol. The maximum Gasteiger partial charge on any atom is 0.344 e. The molecular formula is C15H24N2O3. The predicted molar refractivity (Wildman–Crippen MR) is 80.5 cm³/mol. The topological polar surface area (TPSA) is 98.6 Å². The van der Waals surface area contributed by atoms with E-state index in [9.17, 15) is 9.90 Å². The number of anilines is 2. The standard InChI is InChI=1S/C15H24N2O3/c1-3-5-6-10(4-2)9-20-15(19)13-12(18)8-7-11(16)14(13)17/h7-8,10,18H,3-6,9,16-17H2,1-2H3. The van der Waals surface area contributed by atoms with Crippen LogP contribution in [0.2, 0.25) is 0 Å². The summed E-state index contributed by atoms with van der Waals surface area (Å²) in [7, 11) is 0. The van der Waals surface area contributed by atoms with Crippen LogP contribution in [0, 0.1) is 5.92 Å². The molecule has 0 fully saturated rings. The van der Waals surface area contributed by atoms with Crippen LogP contribution in [0.25, 0.3) is 0 Å². The molecule has 1 aromatic rings. The molecule has 0 spiro atoms. The third kappa shape index (κ3) is 4.05. The number of ether oxygens (including phenoxy) is 1. The number of nitrogens with two attached hydrogens (primary N) is 2. The lowest BCUT2D eigenvalue weighted by atomic mass is 10.0. The van der Waals surface area contributed by atoms with Crippen LogP contribution in [0.5, 0.6) is 5.75 Å². The Balaban J connectivity index is 2.70. The van der Waals surface area contributed by atoms with Gasteiger partial charge in [0.1, 0.15) is 11.3 Å². The van der Waals surface area contributed by atoms with Gasteiger partial charge in [-0.25, -0.2) is 4.79 Å². The molecule has 0 saturated heterocycles. The molecule has 0 aliphatic carbocycles. The average molecular weight is 280 g/mol. The Labute approximate surface area is 119 Å². The van der Waals surface area contributed by atoms with Crippen molar-refractivity contribution in [2.24, 2.45) is 5.92 Å². The maximum atomic E-state index is 12.0. The highest BCUT2D eigenvalue weighted by Crippen LogP contribution is 2.29. The number of benzene rings is 1. The second kappa shape index (κ2) is 7.62. The molecule has 5 heteroatoms. The van der Waals surface area contributed by atoms with Crippen LogP contribution >= 0.6 is 0 Å². The third-order valence-corrected chi connectivity index (χ3v) is 3.45. The van der Waals surface area contributed by atoms with E-state index in [1.807, 2.05) is 0 Å². The number of unbranched alkanes of at least 4 members (excludes halogenated alkanes) is 1. The fraction of sp³-hybridized carbons (Fsp3) is 0.533. The molecule has 1 rings (SSSR count). The molecule has 0 aliphatic rings. The molecular weight excluding hydrogens is 256 g/mol. The van der Waals surface area contributed by atoms with Crippen molar-refractivity contribution in [3.05, 3.63) is 17.7 Å². The van der Waals surface area contributed by atoms with Crippen molar-refractivity contribution in [1.82, 2.24) is 0 Å². The van der Waals surface area contributed by atoms with Crippen molar-refractivity contribution in [3.63, 3.8) is 0 Å². The van der Waals surface area contributed by atoms with E-state index in [0.29, 0.717) is 12.5 Å². The van der Waals surface area contributed by atoms with Crippen LogP contribution in [0.3, 0.4) is 0 Å². The number of aromatic hydroxyl groups is 1. The Morgan fingerprint density at radius 2 is 2.05 bits per heavy atom. The quantitative estimate of drug-likeness (QED) is 0.405. The summed E-state index contributed by atoms with van der Waals surface area (Å²) >= 11 is 0. The first-order valence-electron chi connectivity index (χ1n) is 7.05. The highest BCUT2D eigenvalue weighted by Gasteiger charge is 2.19. The molecule has 1 atom stereocenters. The summed E-state index contributed by atoms with van der Waals surface area (Å²) in [4.78, 5) is 12.0. The zero-order valence-corrected chi connectivity index (χ0v) is 12.2. The van der Waals surface area contributed by atoms with Crippen LogP contribution in [-0.2, 0) is 4.74 Å². The van der Waals surface area contributed by atoms with E-state index in [1.165, 1.54) is 12.1 Å². The van der Waals surface area contributed by atoms with E-state index in [0.717, 1.165) is 25.7 Å². The highest BCUT2D eigenvalue weighted by molar-refractivity contribution is 6.00. The Bertz CT molecular complexity index is 461. The van der Waals surface area contributed by atoms with Gasteiger partial charge in [0.15, 0.2) is 0 Å². The third-order valence-electron chi connectivity index (χ3n) is 3.45. The zero-order chi connectivity index (χ0) is 15.1. The molecule has 5 nitrogen and oxygen atoms in total. The summed E-state index contributed by atoms with van der Waals surface area (Å²) in [5.74, 6) is -0.492. The van der Waals surface area contributed by atoms with Gasteiger partial charge in [-0.3, -0.25) is 0 Å². The normalized spacial score (nSPS) is 12.1. The molecule has 0 aromatic heterocycles. The molecule has 0 aliphatic heterocycles. The number of carbonyl (C=O) groups excluding carboxylic acids is 1. The lowest BCUT2D eigenvalue weighted by molar-refractivity contribution is 0.0426. The van der Waals surface area contributed by atoms with Gasteiger partial charge in [-0.1, -0.05) is 33.1 Å². The molecule has 20 heavy (non-hydrogen) atoms. The number of hydrogen-bond acceptors (Lipinski definition) is 5. The van der Waals surface area contributed by atoms with Gasteiger partial charge in [0.25, 0.3) is 0 Å². The van der Waals surface area contributed by atoms with E-state index < -0.39 is 5.97 Å². The molecule has 0 heterocycles. The molecule has 112 valence electrons. The summed E-state index contributed by atoms with van der Waals surface area (Å²) in [6, 6.07) is 2.80. The minimum Gasteiger partial charge on any atom is -0.507 e. The highest BCUT2D eigenvalue weighted by atomic mass is 16.5. The van der Waals surface area contributed by atoms with Crippen LogP contribution < -0.4 is 11.5 Å². The van der Waals surface area contributed by atoms with Gasteiger partial charge < -0.3 is 21.3 Å². The largest absolute Gasteiger partial charge is 0.507 e. The van der Waals surface area contributed by atoms with Gasteiger partial charge in [-0.05, 0) is 24.5 Å². The molecule has 0 radical (unpaired) electrons. The Morgan fingerprint density at radius 1 is 1.35 bits per heavy atom. The van der Waals surface area contributed by atoms with Crippen LogP contribution in [0.1, 0.15) is 49.9 Å². The number of esters is 1. The lowest BCUT2D eigenvalue weighted by Gasteiger charge is -2.16. The van der Waals surface area contributed by atoms with Crippen LogP contribution in [0.15, 0.2) is 12.1 Å². The Kier molecular flexibility index (Phi) is 6.15. The van der Waals surface area contributed by atoms with Crippen LogP contribution in [0.4, 0.5) is 11.4 Å². The Hall–Kier alpha value is -1.91. The second-order valence-electron chi connectivity index (χ2n) is 4.98. The second-order valence-corrected chi connectivity index (χ2v) is 4.98. The SMILES string of the molecule is CCCCC(CC)COC(=O)c1c(O)ccc(N)c1N. The first-order valence-corrected chi connectivity index (χ1v) is 7.05. The van der Waals surface area contributed by atoms with Crippen molar-refractivity contribution in [1.29, 1.82) is 0 Å². The minimum atomic E-state index is -0.623. The van der Waals surface area contributed by atoms with Gasteiger partial charge in [-0.2, -0.15) is 0 Å². The van der Waals surface area contributed by atoms with E-state index in [4.69, 9.17) is 16.2 Å². The first-order chi connectivity index (χ1) is 9.51. The summed E-state index contributed by atoms with van der Waals surface area (Å²) in [6.45, 7) is 4.54. The van der Waals surface area contributed by atoms with Gasteiger partial charge in [0, 0.05) is 0 Å². The number of phenols is 1. The van der Waals surface area contributed by atoms with Gasteiger partial charge in [-0.15, -0.1) is 0 Å². The van der Waals surface area contributed by atoms with E-state index in [-0.39, 0.29) is 22.7 Å². The van der Waals surface area contributed by atoms with Gasteiger partial charge in [0.2, 0.25) is 0 Å². The fourth-order valence-electron chi connectivity index (χ4n) is 2.00. The smallest absolute Gasteiger partial charge is 0.344 e. The fourth-order valence-corrected chi connectivity index (χ4v) is 2.00. The number of phenolic OH excluding ortho intramolecular Hbond substituents is 1. The number of carbonyl (C=O) groups is 1. The minimum absolute atomic E-state index is 0.0460. The number of hydrogen-bond donors (Lipinski definition) is 3. The van der Waals surface area contributed by atoms with Crippen molar-refractivity contribution in [2.45, 2.75) is 39.5 Å². The average Bonchev–Trinajstić information content (AvgIpc) is 2.43.